The Morgan fingerprint density at radius 2 is 1.93 bits per heavy atom. The predicted molar refractivity (Wildman–Crippen MR) is 101 cm³/mol. The third-order valence-electron chi connectivity index (χ3n) is 4.75. The van der Waals surface area contributed by atoms with E-state index in [0.717, 1.165) is 11.0 Å². The number of ether oxygens (including phenoxy) is 2. The highest BCUT2D eigenvalue weighted by molar-refractivity contribution is 5.94. The van der Waals surface area contributed by atoms with Gasteiger partial charge in [0.2, 0.25) is 5.91 Å². The first-order valence-electron chi connectivity index (χ1n) is 8.80. The molecule has 1 amide bonds. The summed E-state index contributed by atoms with van der Waals surface area (Å²) >= 11 is 0. The van der Waals surface area contributed by atoms with Gasteiger partial charge in [0.1, 0.15) is 5.82 Å². The molecule has 1 aliphatic rings. The van der Waals surface area contributed by atoms with Crippen LogP contribution in [0.5, 0.6) is 11.5 Å². The van der Waals surface area contributed by atoms with Crippen LogP contribution < -0.4 is 26.0 Å². The van der Waals surface area contributed by atoms with Crippen molar-refractivity contribution in [3.05, 3.63) is 50.2 Å². The van der Waals surface area contributed by atoms with E-state index >= 15 is 0 Å². The summed E-state index contributed by atoms with van der Waals surface area (Å²) in [6.45, 7) is 2.47. The summed E-state index contributed by atoms with van der Waals surface area (Å²) in [5.74, 6) is 0.480. The van der Waals surface area contributed by atoms with Gasteiger partial charge in [-0.1, -0.05) is 19.1 Å². The predicted octanol–water partition coefficient (Wildman–Crippen LogP) is 1.36. The van der Waals surface area contributed by atoms with Gasteiger partial charge in [-0.25, -0.2) is 4.79 Å². The van der Waals surface area contributed by atoms with Crippen LogP contribution in [0.1, 0.15) is 36.8 Å². The van der Waals surface area contributed by atoms with E-state index in [-0.39, 0.29) is 18.1 Å². The van der Waals surface area contributed by atoms with Gasteiger partial charge < -0.3 is 14.8 Å². The van der Waals surface area contributed by atoms with Crippen LogP contribution in [0.2, 0.25) is 0 Å². The number of benzene rings is 1. The summed E-state index contributed by atoms with van der Waals surface area (Å²) in [5.41, 5.74) is 0.138. The molecule has 0 aliphatic carbocycles. The fraction of sp³-hybridized carbons (Fsp3) is 0.421. The number of anilines is 1. The minimum Gasteiger partial charge on any atom is -0.493 e. The van der Waals surface area contributed by atoms with Crippen molar-refractivity contribution >= 4 is 11.7 Å². The van der Waals surface area contributed by atoms with Crippen molar-refractivity contribution in [2.75, 3.05) is 19.0 Å². The van der Waals surface area contributed by atoms with E-state index in [1.807, 2.05) is 13.0 Å². The molecule has 27 heavy (non-hydrogen) atoms. The van der Waals surface area contributed by atoms with Crippen molar-refractivity contribution in [2.24, 2.45) is 14.1 Å². The number of aromatic nitrogens is 2. The third kappa shape index (κ3) is 3.11. The molecule has 0 saturated heterocycles. The minimum atomic E-state index is -0.541. The number of para-hydroxylation sites is 1. The Morgan fingerprint density at radius 3 is 2.59 bits per heavy atom. The summed E-state index contributed by atoms with van der Waals surface area (Å²) in [6.07, 6.45) is 0.881. The van der Waals surface area contributed by atoms with Gasteiger partial charge in [-0.15, -0.1) is 0 Å². The first-order valence-corrected chi connectivity index (χ1v) is 8.80. The van der Waals surface area contributed by atoms with Crippen LogP contribution in [-0.2, 0) is 18.9 Å². The van der Waals surface area contributed by atoms with Crippen molar-refractivity contribution < 1.29 is 14.3 Å². The lowest BCUT2D eigenvalue weighted by atomic mass is 9.86. The van der Waals surface area contributed by atoms with Crippen LogP contribution in [0, 0.1) is 0 Å². The number of carbonyl (C=O) groups is 1. The van der Waals surface area contributed by atoms with Gasteiger partial charge in [0, 0.05) is 32.0 Å². The molecule has 1 aliphatic heterocycles. The fourth-order valence-electron chi connectivity index (χ4n) is 3.40. The molecule has 1 atom stereocenters. The van der Waals surface area contributed by atoms with E-state index in [0.29, 0.717) is 29.2 Å². The number of hydrogen-bond acceptors (Lipinski definition) is 5. The summed E-state index contributed by atoms with van der Waals surface area (Å²) in [6, 6.07) is 5.40. The number of nitrogens with one attached hydrogen (secondary N) is 1. The number of rotatable bonds is 5. The van der Waals surface area contributed by atoms with Gasteiger partial charge in [0.25, 0.3) is 5.56 Å². The molecule has 1 N–H and O–H groups in total. The second-order valence-electron chi connectivity index (χ2n) is 6.50. The highest BCUT2D eigenvalue weighted by atomic mass is 16.5. The number of nitrogens with zero attached hydrogens (tertiary/aromatic N) is 2. The standard InChI is InChI=1S/C19H23N3O5/c1-5-9-27-16-11(7-6-8-13(16)26-4)12-10-14(23)20-17-15(12)18(24)22(3)19(25)21(17)2/h6-8,12H,5,9-10H2,1-4H3,(H,20,23)/t12-/m1/s1. The molecule has 0 fully saturated rings. The summed E-state index contributed by atoms with van der Waals surface area (Å²) in [4.78, 5) is 37.5. The number of amides is 1. The van der Waals surface area contributed by atoms with Crippen molar-refractivity contribution in [1.29, 1.82) is 0 Å². The van der Waals surface area contributed by atoms with E-state index in [4.69, 9.17) is 9.47 Å². The Bertz CT molecular complexity index is 1010. The second kappa shape index (κ2) is 7.30. The molecular weight excluding hydrogens is 350 g/mol. The Morgan fingerprint density at radius 1 is 1.19 bits per heavy atom. The Kier molecular flexibility index (Phi) is 5.07. The summed E-state index contributed by atoms with van der Waals surface area (Å²) < 4.78 is 13.7. The van der Waals surface area contributed by atoms with Crippen LogP contribution in [0.15, 0.2) is 27.8 Å². The lowest BCUT2D eigenvalue weighted by Gasteiger charge is -2.28. The smallest absolute Gasteiger partial charge is 0.332 e. The quantitative estimate of drug-likeness (QED) is 0.854. The SMILES string of the molecule is CCCOc1c(OC)cccc1[C@H]1CC(=O)Nc2c1c(=O)n(C)c(=O)n2C. The van der Waals surface area contributed by atoms with E-state index in [9.17, 15) is 14.4 Å². The van der Waals surface area contributed by atoms with Gasteiger partial charge in [0.15, 0.2) is 11.5 Å². The van der Waals surface area contributed by atoms with E-state index < -0.39 is 17.2 Å². The van der Waals surface area contributed by atoms with E-state index in [2.05, 4.69) is 5.32 Å². The topological polar surface area (TPSA) is 91.6 Å². The average molecular weight is 373 g/mol. The molecule has 0 bridgehead atoms. The molecule has 0 spiro atoms. The van der Waals surface area contributed by atoms with Crippen LogP contribution in [0.25, 0.3) is 0 Å². The average Bonchev–Trinajstić information content (AvgIpc) is 2.68. The molecule has 2 aromatic rings. The maximum absolute atomic E-state index is 12.9. The highest BCUT2D eigenvalue weighted by Crippen LogP contribution is 2.42. The van der Waals surface area contributed by atoms with Crippen molar-refractivity contribution in [1.82, 2.24) is 9.13 Å². The molecule has 3 rings (SSSR count). The Hall–Kier alpha value is -3.03. The van der Waals surface area contributed by atoms with Crippen molar-refractivity contribution in [3.63, 3.8) is 0 Å². The van der Waals surface area contributed by atoms with Gasteiger partial charge >= 0.3 is 5.69 Å². The normalized spacial score (nSPS) is 15.9. The largest absolute Gasteiger partial charge is 0.493 e. The molecule has 1 aromatic carbocycles. The van der Waals surface area contributed by atoms with Gasteiger partial charge in [-0.05, 0) is 12.5 Å². The monoisotopic (exact) mass is 373 g/mol. The number of carbonyl (C=O) groups excluding carboxylic acids is 1. The molecule has 0 radical (unpaired) electrons. The van der Waals surface area contributed by atoms with Crippen LogP contribution in [0.3, 0.4) is 0 Å². The van der Waals surface area contributed by atoms with Crippen LogP contribution in [0.4, 0.5) is 5.82 Å². The molecule has 0 saturated carbocycles. The highest BCUT2D eigenvalue weighted by Gasteiger charge is 2.34. The molecular formula is C19H23N3O5. The zero-order valence-corrected chi connectivity index (χ0v) is 15.9. The number of hydrogen-bond donors (Lipinski definition) is 1. The zero-order valence-electron chi connectivity index (χ0n) is 15.9. The minimum absolute atomic E-state index is 0.0795. The van der Waals surface area contributed by atoms with E-state index in [1.54, 1.807) is 19.2 Å². The van der Waals surface area contributed by atoms with Crippen molar-refractivity contribution in [3.8, 4) is 11.5 Å². The maximum atomic E-state index is 12.9. The number of methoxy groups -OCH3 is 1. The Balaban J connectivity index is 2.28. The Labute approximate surface area is 156 Å². The lowest BCUT2D eigenvalue weighted by molar-refractivity contribution is -0.116. The first-order chi connectivity index (χ1) is 12.9. The van der Waals surface area contributed by atoms with Gasteiger partial charge in [-0.3, -0.25) is 18.7 Å². The zero-order chi connectivity index (χ0) is 19.7. The third-order valence-corrected chi connectivity index (χ3v) is 4.75. The molecule has 144 valence electrons. The maximum Gasteiger partial charge on any atom is 0.332 e. The molecule has 2 heterocycles. The van der Waals surface area contributed by atoms with Gasteiger partial charge in [0.05, 0.1) is 19.3 Å². The first kappa shape index (κ1) is 18.8. The number of fused-ring (bicyclic) bond motifs is 1. The van der Waals surface area contributed by atoms with Crippen LogP contribution in [-0.4, -0.2) is 28.8 Å². The molecule has 0 unspecified atom stereocenters. The fourth-order valence-corrected chi connectivity index (χ4v) is 3.40. The van der Waals surface area contributed by atoms with Crippen LogP contribution >= 0.6 is 0 Å². The van der Waals surface area contributed by atoms with Gasteiger partial charge in [-0.2, -0.15) is 0 Å². The summed E-state index contributed by atoms with van der Waals surface area (Å²) in [5, 5.41) is 2.67. The molecule has 8 nitrogen and oxygen atoms in total. The molecule has 1 aromatic heterocycles. The lowest BCUT2D eigenvalue weighted by Crippen LogP contribution is -2.44. The van der Waals surface area contributed by atoms with Crippen molar-refractivity contribution in [2.45, 2.75) is 25.7 Å². The molecule has 8 heteroatoms. The summed E-state index contributed by atoms with van der Waals surface area (Å²) in [7, 11) is 4.50. The second-order valence-corrected chi connectivity index (χ2v) is 6.50. The van der Waals surface area contributed by atoms with E-state index in [1.165, 1.54) is 18.7 Å².